The zero-order chi connectivity index (χ0) is 13.4. The van der Waals surface area contributed by atoms with Crippen molar-refractivity contribution < 1.29 is 0 Å². The van der Waals surface area contributed by atoms with E-state index in [2.05, 4.69) is 41.0 Å². The largest absolute Gasteiger partial charge is 0.366 e. The summed E-state index contributed by atoms with van der Waals surface area (Å²) in [6.45, 7) is 2.86. The van der Waals surface area contributed by atoms with Gasteiger partial charge in [-0.15, -0.1) is 0 Å². The molecule has 3 heteroatoms. The van der Waals surface area contributed by atoms with Crippen molar-refractivity contribution >= 4 is 5.82 Å². The van der Waals surface area contributed by atoms with Crippen molar-refractivity contribution in [3.8, 4) is 0 Å². The monoisotopic (exact) mass is 265 g/mol. The lowest BCUT2D eigenvalue weighted by atomic mass is 10.1. The van der Waals surface area contributed by atoms with E-state index in [9.17, 15) is 0 Å². The molecule has 0 saturated heterocycles. The molecule has 0 unspecified atom stereocenters. The Morgan fingerprint density at radius 3 is 2.90 bits per heavy atom. The average Bonchev–Trinajstić information content (AvgIpc) is 3.12. The van der Waals surface area contributed by atoms with Gasteiger partial charge in [-0.25, -0.2) is 4.98 Å². The molecule has 1 aromatic carbocycles. The van der Waals surface area contributed by atoms with Crippen LogP contribution >= 0.6 is 0 Å². The van der Waals surface area contributed by atoms with Crippen molar-refractivity contribution in [3.63, 3.8) is 0 Å². The standard InChI is InChI=1S/C17H19N3/c1-2-13-6-7-17(20-16(13)3-1)19-9-12-4-5-14-10-18-11-15(14)8-12/h4-8,18H,1-3,9-11H2,(H,19,20). The topological polar surface area (TPSA) is 37.0 Å². The van der Waals surface area contributed by atoms with Crippen LogP contribution in [0.15, 0.2) is 30.3 Å². The van der Waals surface area contributed by atoms with Crippen LogP contribution in [0.5, 0.6) is 0 Å². The Hall–Kier alpha value is -1.87. The van der Waals surface area contributed by atoms with E-state index < -0.39 is 0 Å². The predicted octanol–water partition coefficient (Wildman–Crippen LogP) is 2.79. The molecule has 0 saturated carbocycles. The summed E-state index contributed by atoms with van der Waals surface area (Å²) in [4.78, 5) is 4.72. The smallest absolute Gasteiger partial charge is 0.126 e. The van der Waals surface area contributed by atoms with E-state index in [1.165, 1.54) is 40.8 Å². The minimum atomic E-state index is 0.846. The van der Waals surface area contributed by atoms with Gasteiger partial charge in [0, 0.05) is 25.3 Å². The van der Waals surface area contributed by atoms with Crippen LogP contribution in [0.3, 0.4) is 0 Å². The minimum Gasteiger partial charge on any atom is -0.366 e. The van der Waals surface area contributed by atoms with Gasteiger partial charge in [-0.3, -0.25) is 0 Å². The van der Waals surface area contributed by atoms with Gasteiger partial charge in [-0.2, -0.15) is 0 Å². The zero-order valence-corrected chi connectivity index (χ0v) is 11.6. The molecule has 2 aliphatic rings. The molecule has 1 aliphatic carbocycles. The van der Waals surface area contributed by atoms with E-state index >= 15 is 0 Å². The Balaban J connectivity index is 1.47. The van der Waals surface area contributed by atoms with Gasteiger partial charge in [0.2, 0.25) is 0 Å². The highest BCUT2D eigenvalue weighted by Crippen LogP contribution is 2.22. The van der Waals surface area contributed by atoms with Gasteiger partial charge in [-0.05, 0) is 47.6 Å². The summed E-state index contributed by atoms with van der Waals surface area (Å²) in [5.74, 6) is 1.00. The fourth-order valence-corrected chi connectivity index (χ4v) is 3.17. The summed E-state index contributed by atoms with van der Waals surface area (Å²) >= 11 is 0. The number of nitrogens with one attached hydrogen (secondary N) is 2. The molecular weight excluding hydrogens is 246 g/mol. The molecule has 2 heterocycles. The van der Waals surface area contributed by atoms with Gasteiger partial charge in [0.25, 0.3) is 0 Å². The van der Waals surface area contributed by atoms with Crippen molar-refractivity contribution in [1.29, 1.82) is 0 Å². The summed E-state index contributed by atoms with van der Waals surface area (Å²) in [6, 6.07) is 11.1. The van der Waals surface area contributed by atoms with Crippen LogP contribution < -0.4 is 10.6 Å². The quantitative estimate of drug-likeness (QED) is 0.896. The predicted molar refractivity (Wildman–Crippen MR) is 80.6 cm³/mol. The number of hydrogen-bond donors (Lipinski definition) is 2. The third kappa shape index (κ3) is 2.18. The number of hydrogen-bond acceptors (Lipinski definition) is 3. The Kier molecular flexibility index (Phi) is 2.92. The second kappa shape index (κ2) is 4.91. The highest BCUT2D eigenvalue weighted by Gasteiger charge is 2.13. The molecule has 0 fully saturated rings. The first-order chi connectivity index (χ1) is 9.88. The molecule has 2 N–H and O–H groups in total. The van der Waals surface area contributed by atoms with E-state index in [4.69, 9.17) is 4.98 Å². The molecule has 0 radical (unpaired) electrons. The minimum absolute atomic E-state index is 0.846. The number of rotatable bonds is 3. The van der Waals surface area contributed by atoms with Gasteiger partial charge in [-0.1, -0.05) is 24.3 Å². The van der Waals surface area contributed by atoms with Gasteiger partial charge in [0.05, 0.1) is 0 Å². The first kappa shape index (κ1) is 11.9. The van der Waals surface area contributed by atoms with E-state index in [0.717, 1.165) is 31.9 Å². The van der Waals surface area contributed by atoms with Crippen molar-refractivity contribution in [2.75, 3.05) is 5.32 Å². The van der Waals surface area contributed by atoms with Crippen molar-refractivity contribution in [2.24, 2.45) is 0 Å². The summed E-state index contributed by atoms with van der Waals surface area (Å²) in [7, 11) is 0. The SMILES string of the molecule is c1cc2c(cc1CNc1ccc3c(n1)CCC3)CNC2. The number of fused-ring (bicyclic) bond motifs is 2. The Morgan fingerprint density at radius 1 is 1.00 bits per heavy atom. The molecule has 102 valence electrons. The number of aryl methyl sites for hydroxylation is 2. The summed E-state index contributed by atoms with van der Waals surface area (Å²) < 4.78 is 0. The first-order valence-electron chi connectivity index (χ1n) is 7.42. The highest BCUT2D eigenvalue weighted by molar-refractivity contribution is 5.42. The van der Waals surface area contributed by atoms with Crippen LogP contribution in [0.2, 0.25) is 0 Å². The molecule has 0 amide bonds. The molecule has 1 aromatic heterocycles. The summed E-state index contributed by atoms with van der Waals surface area (Å²) in [5.41, 5.74) is 6.91. The van der Waals surface area contributed by atoms with Crippen molar-refractivity contribution in [2.45, 2.75) is 38.9 Å². The third-order valence-corrected chi connectivity index (χ3v) is 4.30. The van der Waals surface area contributed by atoms with Gasteiger partial charge in [0.1, 0.15) is 5.82 Å². The number of nitrogens with zero attached hydrogens (tertiary/aromatic N) is 1. The first-order valence-corrected chi connectivity index (χ1v) is 7.42. The van der Waals surface area contributed by atoms with Crippen LogP contribution in [0, 0.1) is 0 Å². The maximum Gasteiger partial charge on any atom is 0.126 e. The molecule has 0 bridgehead atoms. The molecule has 3 nitrogen and oxygen atoms in total. The van der Waals surface area contributed by atoms with Crippen LogP contribution in [0.1, 0.15) is 34.4 Å². The second-order valence-corrected chi connectivity index (χ2v) is 5.72. The number of pyridine rings is 1. The van der Waals surface area contributed by atoms with E-state index in [1.807, 2.05) is 0 Å². The molecule has 2 aromatic rings. The third-order valence-electron chi connectivity index (χ3n) is 4.30. The zero-order valence-electron chi connectivity index (χ0n) is 11.6. The fraction of sp³-hybridized carbons (Fsp3) is 0.353. The molecule has 0 atom stereocenters. The molecule has 4 rings (SSSR count). The lowest BCUT2D eigenvalue weighted by Gasteiger charge is -2.09. The van der Waals surface area contributed by atoms with Gasteiger partial charge >= 0.3 is 0 Å². The maximum absolute atomic E-state index is 4.72. The van der Waals surface area contributed by atoms with Gasteiger partial charge in [0.15, 0.2) is 0 Å². The summed E-state index contributed by atoms with van der Waals surface area (Å²) in [5, 5.41) is 6.83. The number of aromatic nitrogens is 1. The average molecular weight is 265 g/mol. The normalized spacial score (nSPS) is 16.0. The Labute approximate surface area is 119 Å². The van der Waals surface area contributed by atoms with Crippen molar-refractivity contribution in [1.82, 2.24) is 10.3 Å². The van der Waals surface area contributed by atoms with E-state index in [-0.39, 0.29) is 0 Å². The maximum atomic E-state index is 4.72. The Bertz CT molecular complexity index is 591. The highest BCUT2D eigenvalue weighted by atomic mass is 15.0. The van der Waals surface area contributed by atoms with Crippen LogP contribution in [0.4, 0.5) is 5.82 Å². The van der Waals surface area contributed by atoms with Crippen LogP contribution in [0.25, 0.3) is 0 Å². The summed E-state index contributed by atoms with van der Waals surface area (Å²) in [6.07, 6.45) is 3.58. The lowest BCUT2D eigenvalue weighted by Crippen LogP contribution is -2.03. The molecule has 20 heavy (non-hydrogen) atoms. The Morgan fingerprint density at radius 2 is 1.90 bits per heavy atom. The lowest BCUT2D eigenvalue weighted by molar-refractivity contribution is 0.764. The van der Waals surface area contributed by atoms with E-state index in [1.54, 1.807) is 0 Å². The second-order valence-electron chi connectivity index (χ2n) is 5.72. The van der Waals surface area contributed by atoms with Crippen LogP contribution in [-0.2, 0) is 32.5 Å². The molecular formula is C17H19N3. The van der Waals surface area contributed by atoms with Gasteiger partial charge < -0.3 is 10.6 Å². The van der Waals surface area contributed by atoms with E-state index in [0.29, 0.717) is 0 Å². The molecule has 0 spiro atoms. The number of anilines is 1. The fourth-order valence-electron chi connectivity index (χ4n) is 3.17. The molecule has 1 aliphatic heterocycles. The van der Waals surface area contributed by atoms with Crippen molar-refractivity contribution in [3.05, 3.63) is 58.3 Å². The number of benzene rings is 1. The van der Waals surface area contributed by atoms with Crippen LogP contribution in [-0.4, -0.2) is 4.98 Å².